The van der Waals surface area contributed by atoms with Gasteiger partial charge in [0, 0.05) is 31.5 Å². The summed E-state index contributed by atoms with van der Waals surface area (Å²) in [6.07, 6.45) is 3.93. The Kier molecular flexibility index (Phi) is 4.28. The maximum absolute atomic E-state index is 12.7. The number of aryl methyl sites for hydroxylation is 1. The van der Waals surface area contributed by atoms with Crippen molar-refractivity contribution in [2.75, 3.05) is 6.54 Å². The van der Waals surface area contributed by atoms with Gasteiger partial charge in [-0.25, -0.2) is 8.42 Å². The van der Waals surface area contributed by atoms with Gasteiger partial charge in [0.15, 0.2) is 0 Å². The minimum atomic E-state index is -3.41. The fourth-order valence-electron chi connectivity index (χ4n) is 2.13. The van der Waals surface area contributed by atoms with Gasteiger partial charge >= 0.3 is 0 Å². The van der Waals surface area contributed by atoms with Crippen LogP contribution in [0.1, 0.15) is 32.4 Å². The van der Waals surface area contributed by atoms with Gasteiger partial charge in [-0.15, -0.1) is 11.6 Å². The molecule has 0 spiro atoms. The van der Waals surface area contributed by atoms with Crippen molar-refractivity contribution in [1.29, 1.82) is 0 Å². The second-order valence-corrected chi connectivity index (χ2v) is 7.68. The largest absolute Gasteiger partial charge is 0.352 e. The molecule has 1 aliphatic carbocycles. The molecule has 0 saturated heterocycles. The van der Waals surface area contributed by atoms with Crippen LogP contribution in [0.25, 0.3) is 0 Å². The predicted molar refractivity (Wildman–Crippen MR) is 76.7 cm³/mol. The van der Waals surface area contributed by atoms with E-state index in [9.17, 15) is 8.42 Å². The summed E-state index contributed by atoms with van der Waals surface area (Å²) in [5.41, 5.74) is 0.815. The Morgan fingerprint density at radius 3 is 2.53 bits per heavy atom. The summed E-state index contributed by atoms with van der Waals surface area (Å²) >= 11 is 5.80. The summed E-state index contributed by atoms with van der Waals surface area (Å²) < 4.78 is 28.8. The second kappa shape index (κ2) is 5.46. The molecule has 6 heteroatoms. The maximum Gasteiger partial charge on any atom is 0.244 e. The molecule has 4 nitrogen and oxygen atoms in total. The van der Waals surface area contributed by atoms with Crippen LogP contribution in [0.4, 0.5) is 0 Å². The lowest BCUT2D eigenvalue weighted by atomic mass is 10.3. The van der Waals surface area contributed by atoms with Crippen LogP contribution in [0, 0.1) is 5.92 Å². The van der Waals surface area contributed by atoms with Crippen LogP contribution in [0.2, 0.25) is 0 Å². The molecule has 108 valence electrons. The van der Waals surface area contributed by atoms with Gasteiger partial charge in [-0.3, -0.25) is 0 Å². The highest BCUT2D eigenvalue weighted by Crippen LogP contribution is 2.32. The van der Waals surface area contributed by atoms with Crippen LogP contribution >= 0.6 is 11.6 Å². The Morgan fingerprint density at radius 2 is 2.11 bits per heavy atom. The van der Waals surface area contributed by atoms with E-state index in [1.807, 2.05) is 20.9 Å². The summed E-state index contributed by atoms with van der Waals surface area (Å²) in [5, 5.41) is 0. The Morgan fingerprint density at radius 1 is 1.47 bits per heavy atom. The molecular formula is C13H21ClN2O2S. The van der Waals surface area contributed by atoms with Gasteiger partial charge < -0.3 is 4.57 Å². The minimum absolute atomic E-state index is 0.0229. The predicted octanol–water partition coefficient (Wildman–Crippen LogP) is 2.57. The molecule has 0 aromatic carbocycles. The van der Waals surface area contributed by atoms with Crippen molar-refractivity contribution in [2.24, 2.45) is 13.0 Å². The summed E-state index contributed by atoms with van der Waals surface area (Å²) in [5.74, 6) is 0.851. The third-order valence-corrected chi connectivity index (χ3v) is 5.82. The second-order valence-electron chi connectivity index (χ2n) is 5.52. The Bertz CT molecular complexity index is 547. The maximum atomic E-state index is 12.7. The zero-order valence-electron chi connectivity index (χ0n) is 11.6. The molecule has 0 bridgehead atoms. The molecule has 0 N–H and O–H groups in total. The number of hydrogen-bond acceptors (Lipinski definition) is 2. The first kappa shape index (κ1) is 14.9. The molecule has 0 radical (unpaired) electrons. The molecule has 0 aliphatic heterocycles. The van der Waals surface area contributed by atoms with E-state index in [4.69, 9.17) is 11.6 Å². The molecule has 19 heavy (non-hydrogen) atoms. The Balaban J connectivity index is 2.31. The van der Waals surface area contributed by atoms with Crippen LogP contribution in [0.3, 0.4) is 0 Å². The fourth-order valence-corrected chi connectivity index (χ4v) is 4.20. The third kappa shape index (κ3) is 3.15. The van der Waals surface area contributed by atoms with Crippen LogP contribution in [-0.4, -0.2) is 29.9 Å². The van der Waals surface area contributed by atoms with E-state index in [1.54, 1.807) is 21.1 Å². The summed E-state index contributed by atoms with van der Waals surface area (Å²) in [6.45, 7) is 4.47. The van der Waals surface area contributed by atoms with Crippen LogP contribution in [0.15, 0.2) is 17.2 Å². The van der Waals surface area contributed by atoms with Gasteiger partial charge in [0.25, 0.3) is 0 Å². The van der Waals surface area contributed by atoms with Crippen molar-refractivity contribution >= 4 is 21.6 Å². The van der Waals surface area contributed by atoms with Gasteiger partial charge in [0.05, 0.1) is 5.88 Å². The van der Waals surface area contributed by atoms with E-state index >= 15 is 0 Å². The van der Waals surface area contributed by atoms with Crippen molar-refractivity contribution in [3.8, 4) is 0 Å². The smallest absolute Gasteiger partial charge is 0.244 e. The molecule has 1 aromatic rings. The molecular weight excluding hydrogens is 284 g/mol. The quantitative estimate of drug-likeness (QED) is 0.758. The minimum Gasteiger partial charge on any atom is -0.352 e. The molecule has 1 aromatic heterocycles. The highest BCUT2D eigenvalue weighted by Gasteiger charge is 2.33. The summed E-state index contributed by atoms with van der Waals surface area (Å²) in [6, 6.07) is 1.65. The van der Waals surface area contributed by atoms with E-state index in [-0.39, 0.29) is 6.04 Å². The van der Waals surface area contributed by atoms with Crippen LogP contribution in [-0.2, 0) is 23.0 Å². The molecule has 0 amide bonds. The van der Waals surface area contributed by atoms with Gasteiger partial charge in [0.1, 0.15) is 4.90 Å². The Hall–Kier alpha value is -0.520. The topological polar surface area (TPSA) is 42.3 Å². The first-order chi connectivity index (χ1) is 8.86. The fraction of sp³-hybridized carbons (Fsp3) is 0.692. The van der Waals surface area contributed by atoms with Gasteiger partial charge in [0.2, 0.25) is 10.0 Å². The SMILES string of the molecule is CC(C)N(CC1CC1)S(=O)(=O)c1cc(CCl)n(C)c1. The van der Waals surface area contributed by atoms with Crippen LogP contribution < -0.4 is 0 Å². The van der Waals surface area contributed by atoms with E-state index < -0.39 is 10.0 Å². The number of aromatic nitrogens is 1. The van der Waals surface area contributed by atoms with Gasteiger partial charge in [-0.05, 0) is 38.7 Å². The number of rotatable bonds is 6. The van der Waals surface area contributed by atoms with Crippen LogP contribution in [0.5, 0.6) is 0 Å². The average molecular weight is 305 g/mol. The molecule has 1 heterocycles. The summed E-state index contributed by atoms with van der Waals surface area (Å²) in [7, 11) is -1.60. The zero-order chi connectivity index (χ0) is 14.2. The number of nitrogens with zero attached hydrogens (tertiary/aromatic N) is 2. The standard InChI is InChI=1S/C13H21ClN2O2S/c1-10(2)16(8-11-4-5-11)19(17,18)13-6-12(7-14)15(3)9-13/h6,9-11H,4-5,7-8H2,1-3H3. The number of halogens is 1. The van der Waals surface area contributed by atoms with Crippen molar-refractivity contribution in [1.82, 2.24) is 8.87 Å². The van der Waals surface area contributed by atoms with Crippen molar-refractivity contribution in [2.45, 2.75) is 43.5 Å². The summed E-state index contributed by atoms with van der Waals surface area (Å²) in [4.78, 5) is 0.347. The van der Waals surface area contributed by atoms with Gasteiger partial charge in [-0.2, -0.15) is 4.31 Å². The molecule has 1 saturated carbocycles. The highest BCUT2D eigenvalue weighted by molar-refractivity contribution is 7.89. The number of alkyl halides is 1. The zero-order valence-corrected chi connectivity index (χ0v) is 13.2. The lowest BCUT2D eigenvalue weighted by Gasteiger charge is -2.25. The third-order valence-electron chi connectivity index (χ3n) is 3.54. The van der Waals surface area contributed by atoms with E-state index in [0.29, 0.717) is 23.2 Å². The molecule has 1 aliphatic rings. The normalized spacial score (nSPS) is 16.5. The van der Waals surface area contributed by atoms with Gasteiger partial charge in [-0.1, -0.05) is 0 Å². The Labute approximate surface area is 120 Å². The number of sulfonamides is 1. The monoisotopic (exact) mass is 304 g/mol. The first-order valence-corrected chi connectivity index (χ1v) is 8.56. The van der Waals surface area contributed by atoms with E-state index in [2.05, 4.69) is 0 Å². The lowest BCUT2D eigenvalue weighted by Crippen LogP contribution is -2.38. The van der Waals surface area contributed by atoms with Crippen molar-refractivity contribution < 1.29 is 8.42 Å². The average Bonchev–Trinajstić information content (AvgIpc) is 3.07. The van der Waals surface area contributed by atoms with Crippen molar-refractivity contribution in [3.05, 3.63) is 18.0 Å². The van der Waals surface area contributed by atoms with E-state index in [0.717, 1.165) is 18.5 Å². The van der Waals surface area contributed by atoms with E-state index in [1.165, 1.54) is 0 Å². The van der Waals surface area contributed by atoms with Crippen molar-refractivity contribution in [3.63, 3.8) is 0 Å². The molecule has 1 fully saturated rings. The first-order valence-electron chi connectivity index (χ1n) is 6.59. The highest BCUT2D eigenvalue weighted by atomic mass is 35.5. The lowest BCUT2D eigenvalue weighted by molar-refractivity contribution is 0.341. The molecule has 0 atom stereocenters. The number of hydrogen-bond donors (Lipinski definition) is 0. The molecule has 2 rings (SSSR count). The molecule has 0 unspecified atom stereocenters.